The molecule has 0 aromatic heterocycles. The number of terminal acetylenes is 1. The first-order valence-electron chi connectivity index (χ1n) is 14.1. The van der Waals surface area contributed by atoms with Crippen molar-refractivity contribution >= 4 is 17.3 Å². The number of hydrogen-bond donors (Lipinski definition) is 2. The van der Waals surface area contributed by atoms with Crippen LogP contribution in [0.3, 0.4) is 0 Å². The second-order valence-corrected chi connectivity index (χ2v) is 11.2. The molecule has 5 rings (SSSR count). The number of carbonyl (C=O) groups is 1. The van der Waals surface area contributed by atoms with E-state index in [0.29, 0.717) is 47.0 Å². The van der Waals surface area contributed by atoms with E-state index in [1.54, 1.807) is 35.2 Å². The SMILES string of the molecule is C#CCOc1ccc(C2C3=C(CC(C)(C)CC=C3)Nc3c(O)cccc3N2C(=O)Cc2ccccc2OCC)c(F)c1. The van der Waals surface area contributed by atoms with Crippen molar-refractivity contribution in [1.29, 1.82) is 0 Å². The van der Waals surface area contributed by atoms with Gasteiger partial charge >= 0.3 is 0 Å². The van der Waals surface area contributed by atoms with E-state index < -0.39 is 11.9 Å². The van der Waals surface area contributed by atoms with Gasteiger partial charge < -0.3 is 19.9 Å². The van der Waals surface area contributed by atoms with Crippen LogP contribution in [0.4, 0.5) is 15.8 Å². The number of para-hydroxylation sites is 2. The maximum absolute atomic E-state index is 16.1. The number of nitrogens with one attached hydrogen (secondary N) is 1. The number of benzene rings is 3. The first kappa shape index (κ1) is 28.8. The predicted octanol–water partition coefficient (Wildman–Crippen LogP) is 7.31. The van der Waals surface area contributed by atoms with Crippen molar-refractivity contribution < 1.29 is 23.8 Å². The largest absolute Gasteiger partial charge is 0.506 e. The van der Waals surface area contributed by atoms with Crippen LogP contribution in [0.2, 0.25) is 0 Å². The van der Waals surface area contributed by atoms with E-state index in [0.717, 1.165) is 17.7 Å². The minimum atomic E-state index is -0.839. The molecule has 1 aliphatic carbocycles. The summed E-state index contributed by atoms with van der Waals surface area (Å²) in [5.74, 6) is 2.49. The fourth-order valence-electron chi connectivity index (χ4n) is 5.64. The molecule has 0 spiro atoms. The molecule has 1 unspecified atom stereocenters. The molecule has 3 aromatic rings. The Labute approximate surface area is 246 Å². The van der Waals surface area contributed by atoms with E-state index in [2.05, 4.69) is 31.2 Å². The molecule has 216 valence electrons. The molecule has 3 aromatic carbocycles. The monoisotopic (exact) mass is 566 g/mol. The molecule has 1 aliphatic heterocycles. The summed E-state index contributed by atoms with van der Waals surface area (Å²) in [7, 11) is 0. The van der Waals surface area contributed by atoms with Gasteiger partial charge in [0.15, 0.2) is 0 Å². The van der Waals surface area contributed by atoms with Gasteiger partial charge in [0, 0.05) is 22.9 Å². The lowest BCUT2D eigenvalue weighted by molar-refractivity contribution is -0.118. The maximum Gasteiger partial charge on any atom is 0.232 e. The lowest BCUT2D eigenvalue weighted by Crippen LogP contribution is -2.37. The van der Waals surface area contributed by atoms with E-state index in [-0.39, 0.29) is 30.1 Å². The Bertz CT molecular complexity index is 1600. The van der Waals surface area contributed by atoms with Crippen molar-refractivity contribution in [2.45, 2.75) is 46.1 Å². The molecule has 0 radical (unpaired) electrons. The van der Waals surface area contributed by atoms with Crippen LogP contribution in [0, 0.1) is 23.6 Å². The van der Waals surface area contributed by atoms with Crippen molar-refractivity contribution in [3.63, 3.8) is 0 Å². The molecule has 1 atom stereocenters. The molecule has 0 fully saturated rings. The average Bonchev–Trinajstić information content (AvgIpc) is 3.18. The second-order valence-electron chi connectivity index (χ2n) is 11.2. The van der Waals surface area contributed by atoms with Crippen molar-refractivity contribution in [1.82, 2.24) is 0 Å². The smallest absolute Gasteiger partial charge is 0.232 e. The van der Waals surface area contributed by atoms with Crippen LogP contribution in [0.15, 0.2) is 84.1 Å². The highest BCUT2D eigenvalue weighted by Gasteiger charge is 2.39. The van der Waals surface area contributed by atoms with Gasteiger partial charge in [0.1, 0.15) is 35.4 Å². The number of nitrogens with zero attached hydrogens (tertiary/aromatic N) is 1. The Kier molecular flexibility index (Phi) is 8.26. The van der Waals surface area contributed by atoms with Crippen LogP contribution < -0.4 is 19.7 Å². The molecular formula is C35H35FN2O4. The summed E-state index contributed by atoms with van der Waals surface area (Å²) in [5, 5.41) is 14.5. The highest BCUT2D eigenvalue weighted by atomic mass is 19.1. The molecule has 0 saturated carbocycles. The van der Waals surface area contributed by atoms with Gasteiger partial charge in [0.05, 0.1) is 24.8 Å². The molecule has 0 saturated heterocycles. The number of carbonyl (C=O) groups excluding carboxylic acids is 1. The number of halogens is 1. The number of ether oxygens (including phenoxy) is 2. The van der Waals surface area contributed by atoms with Crippen molar-refractivity contribution in [2.75, 3.05) is 23.4 Å². The maximum atomic E-state index is 16.1. The normalized spacial score (nSPS) is 17.2. The van der Waals surface area contributed by atoms with Crippen LogP contribution in [0.5, 0.6) is 17.2 Å². The third kappa shape index (κ3) is 5.84. The summed E-state index contributed by atoms with van der Waals surface area (Å²) in [5.41, 5.74) is 3.31. The summed E-state index contributed by atoms with van der Waals surface area (Å²) < 4.78 is 27.4. The zero-order valence-corrected chi connectivity index (χ0v) is 24.1. The summed E-state index contributed by atoms with van der Waals surface area (Å²) in [6, 6.07) is 16.2. The molecule has 6 nitrogen and oxygen atoms in total. The van der Waals surface area contributed by atoms with E-state index in [4.69, 9.17) is 15.9 Å². The topological polar surface area (TPSA) is 71.0 Å². The van der Waals surface area contributed by atoms with Crippen molar-refractivity contribution in [3.05, 3.63) is 101 Å². The second kappa shape index (κ2) is 12.0. The summed E-state index contributed by atoms with van der Waals surface area (Å²) in [4.78, 5) is 16.1. The molecular weight excluding hydrogens is 531 g/mol. The fourth-order valence-corrected chi connectivity index (χ4v) is 5.64. The number of hydrogen-bond acceptors (Lipinski definition) is 5. The van der Waals surface area contributed by atoms with Gasteiger partial charge in [0.25, 0.3) is 0 Å². The van der Waals surface area contributed by atoms with Gasteiger partial charge in [-0.05, 0) is 61.1 Å². The van der Waals surface area contributed by atoms with E-state index >= 15 is 4.39 Å². The van der Waals surface area contributed by atoms with Crippen LogP contribution in [-0.2, 0) is 11.2 Å². The van der Waals surface area contributed by atoms with Crippen LogP contribution in [0.1, 0.15) is 50.8 Å². The Balaban J connectivity index is 1.72. The Hall–Kier alpha value is -4.70. The van der Waals surface area contributed by atoms with E-state index in [9.17, 15) is 9.90 Å². The summed E-state index contributed by atoms with van der Waals surface area (Å²) >= 11 is 0. The molecule has 42 heavy (non-hydrogen) atoms. The summed E-state index contributed by atoms with van der Waals surface area (Å²) in [6.07, 6.45) is 10.8. The van der Waals surface area contributed by atoms with E-state index in [1.807, 2.05) is 37.3 Å². The zero-order valence-electron chi connectivity index (χ0n) is 24.1. The quantitative estimate of drug-likeness (QED) is 0.232. The van der Waals surface area contributed by atoms with E-state index in [1.165, 1.54) is 6.07 Å². The first-order valence-corrected chi connectivity index (χ1v) is 14.1. The minimum Gasteiger partial charge on any atom is -0.506 e. The van der Waals surface area contributed by atoms with Gasteiger partial charge in [0.2, 0.25) is 5.91 Å². The van der Waals surface area contributed by atoms with Gasteiger partial charge in [-0.1, -0.05) is 56.2 Å². The average molecular weight is 567 g/mol. The van der Waals surface area contributed by atoms with Gasteiger partial charge in [-0.25, -0.2) is 4.39 Å². The molecule has 2 N–H and O–H groups in total. The molecule has 7 heteroatoms. The van der Waals surface area contributed by atoms with Crippen LogP contribution in [0.25, 0.3) is 0 Å². The van der Waals surface area contributed by atoms with Crippen LogP contribution >= 0.6 is 0 Å². The predicted molar refractivity (Wildman–Crippen MR) is 163 cm³/mol. The fraction of sp³-hybridized carbons (Fsp3) is 0.286. The van der Waals surface area contributed by atoms with Crippen molar-refractivity contribution in [2.24, 2.45) is 5.41 Å². The molecule has 2 aliphatic rings. The molecule has 1 heterocycles. The van der Waals surface area contributed by atoms with Crippen LogP contribution in [-0.4, -0.2) is 24.2 Å². The Morgan fingerprint density at radius 2 is 1.98 bits per heavy atom. The summed E-state index contributed by atoms with van der Waals surface area (Å²) in [6.45, 7) is 6.67. The number of anilines is 2. The number of phenols is 1. The lowest BCUT2D eigenvalue weighted by atomic mass is 9.84. The zero-order chi connectivity index (χ0) is 29.9. The third-order valence-corrected chi connectivity index (χ3v) is 7.55. The number of fused-ring (bicyclic) bond motifs is 1. The number of phenolic OH excluding ortho intramolecular Hbond substituents is 1. The Morgan fingerprint density at radius 1 is 1.17 bits per heavy atom. The van der Waals surface area contributed by atoms with Crippen molar-refractivity contribution in [3.8, 4) is 29.6 Å². The number of allylic oxidation sites excluding steroid dienone is 2. The first-order chi connectivity index (χ1) is 20.2. The number of amides is 1. The highest BCUT2D eigenvalue weighted by Crippen LogP contribution is 2.49. The molecule has 1 amide bonds. The lowest BCUT2D eigenvalue weighted by Gasteiger charge is -2.33. The van der Waals surface area contributed by atoms with Gasteiger partial charge in [-0.15, -0.1) is 6.42 Å². The highest BCUT2D eigenvalue weighted by molar-refractivity contribution is 6.01. The van der Waals surface area contributed by atoms with Gasteiger partial charge in [-0.2, -0.15) is 0 Å². The minimum absolute atomic E-state index is 0.00273. The molecule has 0 bridgehead atoms. The number of rotatable bonds is 7. The number of aromatic hydroxyl groups is 1. The Morgan fingerprint density at radius 3 is 2.74 bits per heavy atom. The third-order valence-electron chi connectivity index (χ3n) is 7.55. The standard InChI is InChI=1S/C35H35FN2O4/c1-5-19-42-24-16-17-25(27(36)21-24)34-26-12-10-18-35(3,4)22-28(26)37-33-29(13-9-14-30(33)39)38(34)32(40)20-23-11-7-8-15-31(23)41-6-2/h1,7-17,21,34,37,39H,6,18-20,22H2,2-4H3. The van der Waals surface area contributed by atoms with Gasteiger partial charge in [-0.3, -0.25) is 9.69 Å².